The third kappa shape index (κ3) is 3.44. The van der Waals surface area contributed by atoms with Crippen LogP contribution in [-0.2, 0) is 0 Å². The molecule has 1 aromatic carbocycles. The predicted octanol–water partition coefficient (Wildman–Crippen LogP) is 2.46. The number of urea groups is 1. The largest absolute Gasteiger partial charge is 0.573 e. The lowest BCUT2D eigenvalue weighted by atomic mass is 9.62. The number of alkyl halides is 3. The molecule has 120 valence electrons. The topological polar surface area (TPSA) is 62.4 Å². The van der Waals surface area contributed by atoms with Crippen molar-refractivity contribution in [1.29, 1.82) is 0 Å². The first-order valence-electron chi connectivity index (χ1n) is 6.98. The molecule has 3 rings (SSSR count). The van der Waals surface area contributed by atoms with E-state index in [9.17, 15) is 18.0 Å². The number of amides is 2. The van der Waals surface area contributed by atoms with Crippen molar-refractivity contribution < 1.29 is 22.7 Å². The third-order valence-electron chi connectivity index (χ3n) is 4.04. The van der Waals surface area contributed by atoms with Gasteiger partial charge < -0.3 is 20.7 Å². The summed E-state index contributed by atoms with van der Waals surface area (Å²) in [6.45, 7) is 2.01. The lowest BCUT2D eigenvalue weighted by Crippen LogP contribution is -2.65. The van der Waals surface area contributed by atoms with Crippen molar-refractivity contribution in [3.63, 3.8) is 0 Å². The fourth-order valence-electron chi connectivity index (χ4n) is 2.95. The van der Waals surface area contributed by atoms with Gasteiger partial charge in [0.15, 0.2) is 0 Å². The molecular weight excluding hydrogens is 299 g/mol. The molecule has 22 heavy (non-hydrogen) atoms. The zero-order valence-electron chi connectivity index (χ0n) is 11.7. The quantitative estimate of drug-likeness (QED) is 0.803. The second kappa shape index (κ2) is 5.35. The van der Waals surface area contributed by atoms with Crippen molar-refractivity contribution in [1.82, 2.24) is 10.6 Å². The number of carbonyl (C=O) groups is 1. The van der Waals surface area contributed by atoms with E-state index in [4.69, 9.17) is 0 Å². The molecule has 1 heterocycles. The van der Waals surface area contributed by atoms with Crippen LogP contribution in [0.3, 0.4) is 0 Å². The Labute approximate surface area is 125 Å². The number of anilines is 1. The summed E-state index contributed by atoms with van der Waals surface area (Å²) in [7, 11) is 0. The van der Waals surface area contributed by atoms with Crippen molar-refractivity contribution in [2.45, 2.75) is 25.2 Å². The van der Waals surface area contributed by atoms with E-state index in [2.05, 4.69) is 20.7 Å². The lowest BCUT2D eigenvalue weighted by Gasteiger charge is -2.54. The van der Waals surface area contributed by atoms with Gasteiger partial charge in [0.05, 0.1) is 0 Å². The van der Waals surface area contributed by atoms with Gasteiger partial charge in [0.25, 0.3) is 0 Å². The van der Waals surface area contributed by atoms with E-state index < -0.39 is 6.36 Å². The SMILES string of the molecule is O=C(Nc1ccc(OC(F)(F)F)cc1)NC1CC2(CNC2)C1. The van der Waals surface area contributed by atoms with Crippen LogP contribution in [0.15, 0.2) is 24.3 Å². The van der Waals surface area contributed by atoms with Gasteiger partial charge >= 0.3 is 12.4 Å². The maximum Gasteiger partial charge on any atom is 0.573 e. The molecule has 1 saturated carbocycles. The molecule has 0 radical (unpaired) electrons. The van der Waals surface area contributed by atoms with Gasteiger partial charge in [-0.25, -0.2) is 4.79 Å². The van der Waals surface area contributed by atoms with Gasteiger partial charge in [-0.15, -0.1) is 13.2 Å². The lowest BCUT2D eigenvalue weighted by molar-refractivity contribution is -0.274. The van der Waals surface area contributed by atoms with Gasteiger partial charge in [-0.2, -0.15) is 0 Å². The fourth-order valence-corrected chi connectivity index (χ4v) is 2.95. The van der Waals surface area contributed by atoms with Crippen LogP contribution in [0.5, 0.6) is 5.75 Å². The Bertz CT molecular complexity index is 547. The van der Waals surface area contributed by atoms with Crippen LogP contribution in [-0.4, -0.2) is 31.5 Å². The van der Waals surface area contributed by atoms with E-state index in [-0.39, 0.29) is 17.8 Å². The summed E-state index contributed by atoms with van der Waals surface area (Å²) in [4.78, 5) is 11.8. The summed E-state index contributed by atoms with van der Waals surface area (Å²) >= 11 is 0. The summed E-state index contributed by atoms with van der Waals surface area (Å²) in [5.74, 6) is -0.322. The molecule has 2 amide bonds. The number of hydrogen-bond donors (Lipinski definition) is 3. The molecule has 1 spiro atoms. The van der Waals surface area contributed by atoms with Crippen LogP contribution in [0, 0.1) is 5.41 Å². The number of halogens is 3. The van der Waals surface area contributed by atoms with Crippen molar-refractivity contribution >= 4 is 11.7 Å². The first-order valence-corrected chi connectivity index (χ1v) is 6.98. The number of carbonyl (C=O) groups excluding carboxylic acids is 1. The normalized spacial score (nSPS) is 20.0. The van der Waals surface area contributed by atoms with Gasteiger partial charge in [0.2, 0.25) is 0 Å². The number of rotatable bonds is 3. The molecule has 0 atom stereocenters. The maximum atomic E-state index is 12.0. The van der Waals surface area contributed by atoms with E-state index in [1.165, 1.54) is 12.1 Å². The third-order valence-corrected chi connectivity index (χ3v) is 4.04. The van der Waals surface area contributed by atoms with Crippen LogP contribution in [0.25, 0.3) is 0 Å². The van der Waals surface area contributed by atoms with Crippen molar-refractivity contribution in [3.8, 4) is 5.75 Å². The Morgan fingerprint density at radius 2 is 1.86 bits per heavy atom. The fraction of sp³-hybridized carbons (Fsp3) is 0.500. The summed E-state index contributed by atoms with van der Waals surface area (Å²) in [5, 5.41) is 8.66. The van der Waals surface area contributed by atoms with Gasteiger partial charge in [-0.1, -0.05) is 0 Å². The molecule has 2 aliphatic rings. The molecule has 2 fully saturated rings. The Morgan fingerprint density at radius 1 is 1.23 bits per heavy atom. The molecule has 0 bridgehead atoms. The van der Waals surface area contributed by atoms with Gasteiger partial charge in [0, 0.05) is 24.8 Å². The number of nitrogens with one attached hydrogen (secondary N) is 3. The zero-order valence-corrected chi connectivity index (χ0v) is 11.7. The second-order valence-corrected chi connectivity index (χ2v) is 5.88. The van der Waals surface area contributed by atoms with Gasteiger partial charge in [-0.05, 0) is 42.5 Å². The second-order valence-electron chi connectivity index (χ2n) is 5.88. The molecule has 1 aromatic rings. The summed E-state index contributed by atoms with van der Waals surface area (Å²) < 4.78 is 39.9. The van der Waals surface area contributed by atoms with Gasteiger partial charge in [-0.3, -0.25) is 0 Å². The van der Waals surface area contributed by atoms with Crippen LogP contribution in [0.2, 0.25) is 0 Å². The highest BCUT2D eigenvalue weighted by Gasteiger charge is 2.48. The summed E-state index contributed by atoms with van der Waals surface area (Å²) in [6.07, 6.45) is -2.79. The standard InChI is InChI=1S/C14H16F3N3O2/c15-14(16,17)22-11-3-1-9(2-4-11)19-12(21)20-10-5-13(6-10)7-18-8-13/h1-4,10,18H,5-8H2,(H2,19,20,21). The van der Waals surface area contributed by atoms with E-state index in [0.29, 0.717) is 11.1 Å². The highest BCUT2D eigenvalue weighted by molar-refractivity contribution is 5.89. The van der Waals surface area contributed by atoms with Crippen LogP contribution < -0.4 is 20.7 Å². The number of ether oxygens (including phenoxy) is 1. The first-order chi connectivity index (χ1) is 10.3. The first kappa shape index (κ1) is 15.0. The Hall–Kier alpha value is -1.96. The van der Waals surface area contributed by atoms with E-state index in [1.54, 1.807) is 0 Å². The molecule has 0 aromatic heterocycles. The highest BCUT2D eigenvalue weighted by atomic mass is 19.4. The highest BCUT2D eigenvalue weighted by Crippen LogP contribution is 2.44. The average molecular weight is 315 g/mol. The molecule has 5 nitrogen and oxygen atoms in total. The van der Waals surface area contributed by atoms with Crippen molar-refractivity contribution in [2.75, 3.05) is 18.4 Å². The van der Waals surface area contributed by atoms with Crippen LogP contribution in [0.4, 0.5) is 23.7 Å². The average Bonchev–Trinajstić information content (AvgIpc) is 2.31. The Kier molecular flexibility index (Phi) is 3.64. The molecule has 3 N–H and O–H groups in total. The molecular formula is C14H16F3N3O2. The maximum absolute atomic E-state index is 12.0. The zero-order chi connectivity index (χ0) is 15.8. The van der Waals surface area contributed by atoms with E-state index in [0.717, 1.165) is 38.1 Å². The molecule has 8 heteroatoms. The molecule has 1 aliphatic heterocycles. The minimum atomic E-state index is -4.72. The van der Waals surface area contributed by atoms with E-state index >= 15 is 0 Å². The minimum absolute atomic E-state index is 0.162. The number of benzene rings is 1. The van der Waals surface area contributed by atoms with Crippen LogP contribution >= 0.6 is 0 Å². The van der Waals surface area contributed by atoms with Gasteiger partial charge in [0.1, 0.15) is 5.75 Å². The summed E-state index contributed by atoms with van der Waals surface area (Å²) in [6, 6.07) is 4.84. The smallest absolute Gasteiger partial charge is 0.406 e. The van der Waals surface area contributed by atoms with Crippen molar-refractivity contribution in [3.05, 3.63) is 24.3 Å². The predicted molar refractivity (Wildman–Crippen MR) is 73.6 cm³/mol. The molecule has 1 aliphatic carbocycles. The molecule has 0 unspecified atom stereocenters. The number of hydrogen-bond acceptors (Lipinski definition) is 3. The Morgan fingerprint density at radius 3 is 2.36 bits per heavy atom. The Balaban J connectivity index is 1.45. The van der Waals surface area contributed by atoms with E-state index in [1.807, 2.05) is 0 Å². The monoisotopic (exact) mass is 315 g/mol. The minimum Gasteiger partial charge on any atom is -0.406 e. The van der Waals surface area contributed by atoms with Crippen LogP contribution in [0.1, 0.15) is 12.8 Å². The van der Waals surface area contributed by atoms with Crippen molar-refractivity contribution in [2.24, 2.45) is 5.41 Å². The summed E-state index contributed by atoms with van der Waals surface area (Å²) in [5.41, 5.74) is 0.778. The molecule has 1 saturated heterocycles.